The van der Waals surface area contributed by atoms with Gasteiger partial charge in [-0.1, -0.05) is 23.5 Å². The highest BCUT2D eigenvalue weighted by Gasteiger charge is 2.23. The summed E-state index contributed by atoms with van der Waals surface area (Å²) < 4.78 is 23.2. The number of hydrazine groups is 1. The van der Waals surface area contributed by atoms with E-state index in [1.165, 1.54) is 17.6 Å². The van der Waals surface area contributed by atoms with Gasteiger partial charge in [0.05, 0.1) is 10.6 Å². The molecular weight excluding hydrogens is 279 g/mol. The molecule has 104 valence electrons. The first-order chi connectivity index (χ1) is 9.74. The second-order valence-corrected chi connectivity index (χ2v) is 5.13. The summed E-state index contributed by atoms with van der Waals surface area (Å²) in [4.78, 5) is 0.884. The normalized spacial score (nSPS) is 12.9. The van der Waals surface area contributed by atoms with Crippen molar-refractivity contribution in [1.82, 2.24) is 15.0 Å². The molecule has 0 saturated heterocycles. The molecular formula is C13H13FN4OS. The number of furan rings is 1. The number of benzene rings is 1. The predicted octanol–water partition coefficient (Wildman–Crippen LogP) is 2.54. The fourth-order valence-electron chi connectivity index (χ4n) is 2.16. The molecule has 0 radical (unpaired) electrons. The smallest absolute Gasteiger partial charge is 0.169 e. The molecule has 1 unspecified atom stereocenters. The first-order valence-electron chi connectivity index (χ1n) is 6.19. The molecule has 5 nitrogen and oxygen atoms in total. The monoisotopic (exact) mass is 292 g/mol. The summed E-state index contributed by atoms with van der Waals surface area (Å²) in [5, 5.41) is 4.76. The molecule has 0 fully saturated rings. The third-order valence-electron chi connectivity index (χ3n) is 3.15. The van der Waals surface area contributed by atoms with E-state index in [9.17, 15) is 4.39 Å². The molecule has 20 heavy (non-hydrogen) atoms. The fourth-order valence-corrected chi connectivity index (χ4v) is 2.96. The molecule has 0 bridgehead atoms. The van der Waals surface area contributed by atoms with Gasteiger partial charge in [-0.2, -0.15) is 0 Å². The zero-order chi connectivity index (χ0) is 14.1. The van der Waals surface area contributed by atoms with Gasteiger partial charge in [-0.15, -0.1) is 5.10 Å². The molecule has 1 atom stereocenters. The lowest BCUT2D eigenvalue weighted by Crippen LogP contribution is -2.28. The Kier molecular flexibility index (Phi) is 3.47. The van der Waals surface area contributed by atoms with Gasteiger partial charge in [-0.05, 0) is 30.1 Å². The first-order valence-corrected chi connectivity index (χ1v) is 6.97. The number of hydrogen-bond donors (Lipinski definition) is 2. The summed E-state index contributed by atoms with van der Waals surface area (Å²) in [6.07, 6.45) is 0.749. The van der Waals surface area contributed by atoms with E-state index in [0.717, 1.165) is 17.0 Å². The number of hydrogen-bond acceptors (Lipinski definition) is 6. The largest absolute Gasteiger partial charge is 0.456 e. The topological polar surface area (TPSA) is 77.0 Å². The van der Waals surface area contributed by atoms with Crippen molar-refractivity contribution < 1.29 is 8.81 Å². The van der Waals surface area contributed by atoms with Crippen molar-refractivity contribution in [3.8, 4) is 0 Å². The Balaban J connectivity index is 2.10. The van der Waals surface area contributed by atoms with Crippen molar-refractivity contribution in [3.05, 3.63) is 46.4 Å². The van der Waals surface area contributed by atoms with Gasteiger partial charge in [-0.3, -0.25) is 5.84 Å². The van der Waals surface area contributed by atoms with Crippen molar-refractivity contribution >= 4 is 22.5 Å². The number of fused-ring (bicyclic) bond motifs is 1. The number of rotatable bonds is 4. The number of para-hydroxylation sites is 1. The van der Waals surface area contributed by atoms with Crippen LogP contribution in [0.4, 0.5) is 4.39 Å². The lowest BCUT2D eigenvalue weighted by molar-refractivity contribution is 0.466. The third-order valence-corrected chi connectivity index (χ3v) is 3.98. The number of nitrogens with zero attached hydrogens (tertiary/aromatic N) is 2. The maximum Gasteiger partial charge on any atom is 0.169 e. The van der Waals surface area contributed by atoms with Crippen LogP contribution in [-0.4, -0.2) is 9.59 Å². The van der Waals surface area contributed by atoms with Crippen LogP contribution in [0.2, 0.25) is 0 Å². The molecule has 3 rings (SSSR count). The molecule has 3 N–H and O–H groups in total. The average molecular weight is 292 g/mol. The molecule has 2 heterocycles. The van der Waals surface area contributed by atoms with Crippen molar-refractivity contribution in [2.45, 2.75) is 19.4 Å². The van der Waals surface area contributed by atoms with Crippen LogP contribution in [0.3, 0.4) is 0 Å². The number of nitrogens with two attached hydrogens (primary N) is 1. The summed E-state index contributed by atoms with van der Waals surface area (Å²) in [7, 11) is 0. The molecule has 2 aromatic heterocycles. The van der Waals surface area contributed by atoms with E-state index in [1.807, 2.05) is 6.92 Å². The first kappa shape index (κ1) is 13.2. The maximum absolute atomic E-state index is 13.7. The highest BCUT2D eigenvalue weighted by atomic mass is 32.1. The lowest BCUT2D eigenvalue weighted by atomic mass is 10.1. The molecule has 0 spiro atoms. The Labute approximate surface area is 118 Å². The maximum atomic E-state index is 13.7. The van der Waals surface area contributed by atoms with Crippen molar-refractivity contribution in [2.24, 2.45) is 5.84 Å². The van der Waals surface area contributed by atoms with E-state index in [2.05, 4.69) is 15.0 Å². The third kappa shape index (κ3) is 2.09. The summed E-state index contributed by atoms with van der Waals surface area (Å²) in [6, 6.07) is 6.21. The van der Waals surface area contributed by atoms with Crippen molar-refractivity contribution in [1.29, 1.82) is 0 Å². The zero-order valence-electron chi connectivity index (χ0n) is 10.8. The second kappa shape index (κ2) is 5.28. The van der Waals surface area contributed by atoms with Crippen LogP contribution in [0.25, 0.3) is 11.0 Å². The number of nitrogens with one attached hydrogen (secondary N) is 1. The van der Waals surface area contributed by atoms with Crippen LogP contribution < -0.4 is 11.3 Å². The molecule has 0 aliphatic carbocycles. The summed E-state index contributed by atoms with van der Waals surface area (Å²) in [5.41, 5.74) is 3.78. The highest BCUT2D eigenvalue weighted by molar-refractivity contribution is 7.05. The van der Waals surface area contributed by atoms with Gasteiger partial charge in [0.25, 0.3) is 0 Å². The van der Waals surface area contributed by atoms with E-state index in [4.69, 9.17) is 10.3 Å². The Hall–Kier alpha value is -1.83. The van der Waals surface area contributed by atoms with Gasteiger partial charge in [0, 0.05) is 5.39 Å². The molecule has 0 aliphatic heterocycles. The van der Waals surface area contributed by atoms with Gasteiger partial charge < -0.3 is 4.42 Å². The average Bonchev–Trinajstić information content (AvgIpc) is 3.07. The van der Waals surface area contributed by atoms with Gasteiger partial charge in [-0.25, -0.2) is 9.82 Å². The van der Waals surface area contributed by atoms with Crippen LogP contribution in [0, 0.1) is 5.82 Å². The molecule has 3 aromatic rings. The summed E-state index contributed by atoms with van der Waals surface area (Å²) in [5.74, 6) is 5.79. The van der Waals surface area contributed by atoms with Crippen LogP contribution in [0.5, 0.6) is 0 Å². The number of aromatic nitrogens is 2. The minimum Gasteiger partial charge on any atom is -0.456 e. The van der Waals surface area contributed by atoms with E-state index in [-0.39, 0.29) is 17.4 Å². The molecule has 0 saturated carbocycles. The van der Waals surface area contributed by atoms with Crippen LogP contribution in [-0.2, 0) is 6.42 Å². The standard InChI is InChI=1S/C13H13FN4OS/c1-2-9-13(20-18-17-9)11(16-15)10-6-7-4-3-5-8(14)12(7)19-10/h3-6,11,16H,2,15H2,1H3. The highest BCUT2D eigenvalue weighted by Crippen LogP contribution is 2.31. The Bertz CT molecular complexity index is 739. The number of aryl methyl sites for hydroxylation is 1. The number of halogens is 1. The zero-order valence-corrected chi connectivity index (χ0v) is 11.6. The van der Waals surface area contributed by atoms with Crippen LogP contribution in [0.15, 0.2) is 28.7 Å². The minimum absolute atomic E-state index is 0.235. The van der Waals surface area contributed by atoms with Crippen LogP contribution >= 0.6 is 11.5 Å². The van der Waals surface area contributed by atoms with Crippen molar-refractivity contribution in [2.75, 3.05) is 0 Å². The second-order valence-electron chi connectivity index (χ2n) is 4.34. The van der Waals surface area contributed by atoms with Crippen LogP contribution in [0.1, 0.15) is 29.3 Å². The molecule has 0 amide bonds. The van der Waals surface area contributed by atoms with Gasteiger partial charge in [0.2, 0.25) is 0 Å². The van der Waals surface area contributed by atoms with E-state index in [0.29, 0.717) is 11.1 Å². The lowest BCUT2D eigenvalue weighted by Gasteiger charge is -2.11. The molecule has 1 aromatic carbocycles. The molecule has 0 aliphatic rings. The van der Waals surface area contributed by atoms with Crippen molar-refractivity contribution in [3.63, 3.8) is 0 Å². The Morgan fingerprint density at radius 2 is 2.35 bits per heavy atom. The molecule has 7 heteroatoms. The predicted molar refractivity (Wildman–Crippen MR) is 74.6 cm³/mol. The van der Waals surface area contributed by atoms with E-state index >= 15 is 0 Å². The summed E-state index contributed by atoms with van der Waals surface area (Å²) in [6.45, 7) is 1.99. The quantitative estimate of drug-likeness (QED) is 0.571. The Morgan fingerprint density at radius 1 is 1.50 bits per heavy atom. The van der Waals surface area contributed by atoms with E-state index < -0.39 is 0 Å². The van der Waals surface area contributed by atoms with Gasteiger partial charge in [0.15, 0.2) is 11.4 Å². The Morgan fingerprint density at radius 3 is 3.05 bits per heavy atom. The minimum atomic E-state index is -0.386. The SMILES string of the molecule is CCc1nnsc1C(NN)c1cc2cccc(F)c2o1. The van der Waals surface area contributed by atoms with Gasteiger partial charge in [0.1, 0.15) is 11.8 Å². The van der Waals surface area contributed by atoms with Gasteiger partial charge >= 0.3 is 0 Å². The summed E-state index contributed by atoms with van der Waals surface area (Å²) >= 11 is 1.26. The van der Waals surface area contributed by atoms with E-state index in [1.54, 1.807) is 18.2 Å². The fraction of sp³-hybridized carbons (Fsp3) is 0.231.